The fourth-order valence-corrected chi connectivity index (χ4v) is 11.2. The van der Waals surface area contributed by atoms with Gasteiger partial charge >= 0.3 is 0 Å². The number of amides is 4. The molecule has 19 nitrogen and oxygen atoms in total. The number of piperazine rings is 1. The van der Waals surface area contributed by atoms with Gasteiger partial charge in [0.1, 0.15) is 34.8 Å². The number of β-amino-alcohol motifs (C(OH)–C–C–N with tert-alkyl or cyclic N) is 1. The van der Waals surface area contributed by atoms with Crippen LogP contribution in [0.4, 0.5) is 16.2 Å². The summed E-state index contributed by atoms with van der Waals surface area (Å²) < 4.78 is 34.3. The molecule has 79 heavy (non-hydrogen) atoms. The third-order valence-corrected chi connectivity index (χ3v) is 15.8. The predicted molar refractivity (Wildman–Crippen MR) is 300 cm³/mol. The summed E-state index contributed by atoms with van der Waals surface area (Å²) in [5.74, 6) is -1.69. The van der Waals surface area contributed by atoms with E-state index in [1.807, 2.05) is 72.8 Å². The van der Waals surface area contributed by atoms with Gasteiger partial charge in [0.2, 0.25) is 29.6 Å². The van der Waals surface area contributed by atoms with Crippen molar-refractivity contribution >= 4 is 80.0 Å². The standard InChI is InChI=1S/C57H64ClFN10O9S/c1-33-26-48(78-65-33)43(56(75)69-31-41(72)29-47(69)55(74)62-34(2)37-10-12-38(13-11-37)53-35(3)61-32-79-53)15-22-76-24-25-77-23-21-66(5)49(73)14-16-60-57-63-52-45(54(64-57)68-19-17-67(18-20-68)36(4)70)30-46(58)50(51(52)59)44-28-40(71)27-39-8-6-7-9-42(39)44/h6-13,26-28,30,32,34,41,43,47,71-72H,14-25,29,31H2,1-5H3,(H,62,74)(H,60,63,64)/t34-,41+,43?,47-/m0/s1. The number of anilines is 2. The highest BCUT2D eigenvalue weighted by Crippen LogP contribution is 2.42. The van der Waals surface area contributed by atoms with E-state index in [2.05, 4.69) is 25.8 Å². The van der Waals surface area contributed by atoms with E-state index >= 15 is 4.39 Å². The molecule has 2 fully saturated rings. The lowest BCUT2D eigenvalue weighted by atomic mass is 9.96. The monoisotopic (exact) mass is 1120 g/mol. The van der Waals surface area contributed by atoms with Gasteiger partial charge in [0, 0.05) is 96.2 Å². The molecule has 2 aliphatic heterocycles. The van der Waals surface area contributed by atoms with Gasteiger partial charge in [0.05, 0.1) is 58.8 Å². The van der Waals surface area contributed by atoms with E-state index in [-0.39, 0.29) is 123 Å². The minimum Gasteiger partial charge on any atom is -0.508 e. The van der Waals surface area contributed by atoms with Gasteiger partial charge in [-0.15, -0.1) is 11.3 Å². The van der Waals surface area contributed by atoms with E-state index < -0.39 is 23.9 Å². The number of carbonyl (C=O) groups excluding carboxylic acids is 4. The first-order chi connectivity index (χ1) is 38.0. The second kappa shape index (κ2) is 25.2. The molecular weight excluding hydrogens is 1060 g/mol. The van der Waals surface area contributed by atoms with Crippen LogP contribution in [-0.4, -0.2) is 160 Å². The Hall–Kier alpha value is -7.30. The molecule has 1 unspecified atom stereocenters. The summed E-state index contributed by atoms with van der Waals surface area (Å²) >= 11 is 8.45. The molecule has 9 rings (SSSR count). The third kappa shape index (κ3) is 13.1. The highest BCUT2D eigenvalue weighted by molar-refractivity contribution is 7.13. The quantitative estimate of drug-likeness (QED) is 0.0507. The van der Waals surface area contributed by atoms with E-state index in [1.165, 1.54) is 17.9 Å². The molecule has 2 saturated heterocycles. The zero-order valence-corrected chi connectivity index (χ0v) is 46.3. The number of aromatic nitrogens is 4. The highest BCUT2D eigenvalue weighted by atomic mass is 35.5. The number of rotatable bonds is 21. The first-order valence-electron chi connectivity index (χ1n) is 26.3. The molecular formula is C57H64ClFN10O9S. The predicted octanol–water partition coefficient (Wildman–Crippen LogP) is 7.65. The minimum atomic E-state index is -0.897. The molecule has 2 aliphatic rings. The second-order valence-electron chi connectivity index (χ2n) is 20.0. The van der Waals surface area contributed by atoms with Gasteiger partial charge in [-0.05, 0) is 72.9 Å². The van der Waals surface area contributed by atoms with Crippen LogP contribution in [0.2, 0.25) is 5.02 Å². The third-order valence-electron chi connectivity index (χ3n) is 14.5. The number of aryl methyl sites for hydroxylation is 2. The molecule has 4 amide bonds. The number of fused-ring (bicyclic) bond motifs is 2. The van der Waals surface area contributed by atoms with Gasteiger partial charge in [-0.25, -0.2) is 14.4 Å². The largest absolute Gasteiger partial charge is 0.508 e. The lowest BCUT2D eigenvalue weighted by Gasteiger charge is -2.35. The molecule has 4 N–H and O–H groups in total. The van der Waals surface area contributed by atoms with Gasteiger partial charge < -0.3 is 54.4 Å². The van der Waals surface area contributed by atoms with Crippen molar-refractivity contribution in [1.82, 2.24) is 40.1 Å². The highest BCUT2D eigenvalue weighted by Gasteiger charge is 2.43. The summed E-state index contributed by atoms with van der Waals surface area (Å²) in [5.41, 5.74) is 5.76. The molecule has 4 atom stereocenters. The molecule has 0 bridgehead atoms. The summed E-state index contributed by atoms with van der Waals surface area (Å²) in [6.45, 7) is 10.1. The van der Waals surface area contributed by atoms with Gasteiger partial charge in [0.25, 0.3) is 0 Å². The molecule has 0 aliphatic carbocycles. The SMILES string of the molecule is CC(=O)N1CCN(c2nc(NCCC(=O)N(C)CCOCCOCCC(C(=O)N3C[C@H](O)C[C@H]3C(=O)N[C@@H](C)c3ccc(-c4scnc4C)cc3)c3cc(C)no3)nc3c(F)c(-c4cc(O)cc5ccccc45)c(Cl)cc23)CC1. The fraction of sp³-hybridized carbons (Fsp3) is 0.404. The van der Waals surface area contributed by atoms with Crippen molar-refractivity contribution in [2.24, 2.45) is 0 Å². The summed E-state index contributed by atoms with van der Waals surface area (Å²) in [6.07, 6.45) is -0.518. The summed E-state index contributed by atoms with van der Waals surface area (Å²) in [6, 6.07) is 20.4. The Morgan fingerprint density at radius 1 is 0.962 bits per heavy atom. The number of halogens is 2. The Labute approximate surface area is 465 Å². The molecule has 416 valence electrons. The summed E-state index contributed by atoms with van der Waals surface area (Å²) in [4.78, 5) is 75.0. The van der Waals surface area contributed by atoms with Crippen molar-refractivity contribution in [3.63, 3.8) is 0 Å². The number of phenolic OH excluding ortho intramolecular Hbond substituents is 1. The van der Waals surface area contributed by atoms with Gasteiger partial charge in [0.15, 0.2) is 5.82 Å². The van der Waals surface area contributed by atoms with Crippen LogP contribution in [0.1, 0.15) is 67.8 Å². The number of ether oxygens (including phenoxy) is 2. The maximum atomic E-state index is 17.0. The molecule has 3 aromatic heterocycles. The van der Waals surface area contributed by atoms with Crippen molar-refractivity contribution < 1.29 is 47.8 Å². The zero-order chi connectivity index (χ0) is 55.9. The van der Waals surface area contributed by atoms with Crippen LogP contribution >= 0.6 is 22.9 Å². The van der Waals surface area contributed by atoms with Gasteiger partial charge in [-0.2, -0.15) is 4.98 Å². The lowest BCUT2D eigenvalue weighted by molar-refractivity contribution is -0.140. The van der Waals surface area contributed by atoms with Crippen LogP contribution in [0, 0.1) is 19.7 Å². The molecule has 5 heterocycles. The molecule has 4 aromatic carbocycles. The van der Waals surface area contributed by atoms with Crippen LogP contribution < -0.4 is 15.5 Å². The topological polar surface area (TPSA) is 229 Å². The number of thiazole rings is 1. The number of likely N-dealkylation sites (tertiary alicyclic amines) is 1. The van der Waals surface area contributed by atoms with Gasteiger partial charge in [-0.1, -0.05) is 65.3 Å². The molecule has 0 spiro atoms. The smallest absolute Gasteiger partial charge is 0.243 e. The van der Waals surface area contributed by atoms with Crippen molar-refractivity contribution in [2.75, 3.05) is 89.5 Å². The molecule has 22 heteroatoms. The molecule has 0 saturated carbocycles. The number of phenols is 1. The molecule has 0 radical (unpaired) electrons. The van der Waals surface area contributed by atoms with Gasteiger partial charge in [-0.3, -0.25) is 19.2 Å². The summed E-state index contributed by atoms with van der Waals surface area (Å²) in [5, 5.41) is 33.4. The second-order valence-corrected chi connectivity index (χ2v) is 21.2. The van der Waals surface area contributed by atoms with E-state index in [0.717, 1.165) is 21.7 Å². The fourth-order valence-electron chi connectivity index (χ4n) is 10.1. The van der Waals surface area contributed by atoms with E-state index in [0.29, 0.717) is 65.2 Å². The summed E-state index contributed by atoms with van der Waals surface area (Å²) in [7, 11) is 1.67. The number of nitrogens with zero attached hydrogens (tertiary/aromatic N) is 8. The lowest BCUT2D eigenvalue weighted by Crippen LogP contribution is -2.48. The van der Waals surface area contributed by atoms with Crippen molar-refractivity contribution in [2.45, 2.75) is 71.1 Å². The first kappa shape index (κ1) is 56.4. The number of aromatic hydroxyl groups is 1. The number of hydrogen-bond donors (Lipinski definition) is 4. The zero-order valence-electron chi connectivity index (χ0n) is 44.7. The first-order valence-corrected chi connectivity index (χ1v) is 27.6. The number of aliphatic hydroxyl groups is 1. The molecule has 7 aromatic rings. The van der Waals surface area contributed by atoms with Crippen LogP contribution in [0.25, 0.3) is 43.2 Å². The number of likely N-dealkylation sites (N-methyl/N-ethyl adjacent to an activating group) is 1. The number of benzene rings is 4. The van der Waals surface area contributed by atoms with Crippen molar-refractivity contribution in [3.8, 4) is 27.3 Å². The van der Waals surface area contributed by atoms with E-state index in [4.69, 9.17) is 30.6 Å². The Balaban J connectivity index is 0.755. The maximum Gasteiger partial charge on any atom is 0.243 e. The number of aliphatic hydroxyl groups excluding tert-OH is 1. The maximum absolute atomic E-state index is 17.0. The van der Waals surface area contributed by atoms with Crippen molar-refractivity contribution in [3.05, 3.63) is 112 Å². The van der Waals surface area contributed by atoms with Crippen LogP contribution in [0.15, 0.2) is 82.8 Å². The Morgan fingerprint density at radius 2 is 1.71 bits per heavy atom. The Kier molecular flexibility index (Phi) is 18.0. The average molecular weight is 1120 g/mol. The minimum absolute atomic E-state index is 0.000778. The van der Waals surface area contributed by atoms with Crippen LogP contribution in [0.3, 0.4) is 0 Å². The number of hydrogen-bond acceptors (Lipinski definition) is 16. The van der Waals surface area contributed by atoms with Crippen LogP contribution in [-0.2, 0) is 28.7 Å². The number of nitrogens with one attached hydrogen (secondary N) is 2. The Bertz CT molecular complexity index is 3340. The van der Waals surface area contributed by atoms with Crippen molar-refractivity contribution in [1.29, 1.82) is 0 Å². The van der Waals surface area contributed by atoms with Crippen LogP contribution in [0.5, 0.6) is 5.75 Å². The normalized spacial score (nSPS) is 16.4. The Morgan fingerprint density at radius 3 is 2.42 bits per heavy atom. The average Bonchev–Trinajstić information content (AvgIpc) is 4.38. The van der Waals surface area contributed by atoms with E-state index in [1.54, 1.807) is 53.3 Å². The van der Waals surface area contributed by atoms with E-state index in [9.17, 15) is 29.4 Å². The number of carbonyl (C=O) groups is 4.